The number of rotatable bonds is 23. The van der Waals surface area contributed by atoms with Gasteiger partial charge in [0.05, 0.1) is 0 Å². The normalized spacial score (nSPS) is 13.1. The topological polar surface area (TPSA) is 43.8 Å². The van der Waals surface area contributed by atoms with Crippen LogP contribution in [0.1, 0.15) is 160 Å². The summed E-state index contributed by atoms with van der Waals surface area (Å²) in [6.07, 6.45) is 19.7. The van der Waals surface area contributed by atoms with E-state index >= 15 is 0 Å². The van der Waals surface area contributed by atoms with E-state index < -0.39 is 0 Å². The van der Waals surface area contributed by atoms with Gasteiger partial charge in [0.25, 0.3) is 0 Å². The molecule has 1 heterocycles. The van der Waals surface area contributed by atoms with Crippen molar-refractivity contribution in [2.24, 2.45) is 0 Å². The van der Waals surface area contributed by atoms with E-state index in [-0.39, 0.29) is 0 Å². The van der Waals surface area contributed by atoms with Crippen LogP contribution in [0.3, 0.4) is 0 Å². The minimum atomic E-state index is 0.781. The van der Waals surface area contributed by atoms with Crippen LogP contribution in [-0.2, 0) is 35.7 Å². The van der Waals surface area contributed by atoms with E-state index in [0.717, 1.165) is 102 Å². The van der Waals surface area contributed by atoms with E-state index in [9.17, 15) is 5.53 Å². The van der Waals surface area contributed by atoms with Crippen LogP contribution in [0.4, 0.5) is 0 Å². The summed E-state index contributed by atoms with van der Waals surface area (Å²) in [7, 11) is 0. The van der Waals surface area contributed by atoms with Crippen molar-refractivity contribution >= 4 is 11.4 Å². The monoisotopic (exact) mass is 674 g/mol. The van der Waals surface area contributed by atoms with Gasteiger partial charge in [-0.3, -0.25) is 0 Å². The van der Waals surface area contributed by atoms with E-state index in [4.69, 9.17) is 7.76 Å². The Hall–Kier alpha value is -2.07. The molecule has 0 unspecified atom stereocenters. The fourth-order valence-electron chi connectivity index (χ4n) is 5.78. The second-order valence-electron chi connectivity index (χ2n) is 12.5. The van der Waals surface area contributed by atoms with Crippen molar-refractivity contribution in [3.05, 3.63) is 87.5 Å². The minimum absolute atomic E-state index is 0.781. The second kappa shape index (κ2) is 25.0. The van der Waals surface area contributed by atoms with E-state index in [1.807, 2.05) is 0 Å². The van der Waals surface area contributed by atoms with E-state index in [2.05, 4.69) is 90.1 Å². The van der Waals surface area contributed by atoms with Gasteiger partial charge >= 0.3 is 62.7 Å². The zero-order valence-electron chi connectivity index (χ0n) is 30.1. The maximum atomic E-state index is 11.9. The van der Waals surface area contributed by atoms with Crippen LogP contribution in [-0.4, -0.2) is 17.9 Å². The van der Waals surface area contributed by atoms with Gasteiger partial charge in [0, 0.05) is 22.3 Å². The van der Waals surface area contributed by atoms with Gasteiger partial charge in [-0.05, 0) is 86.8 Å². The molecule has 0 radical (unpaired) electrons. The molecule has 3 rings (SSSR count). The van der Waals surface area contributed by atoms with E-state index in [1.54, 1.807) is 4.70 Å². The Morgan fingerprint density at radius 1 is 0.522 bits per heavy atom. The van der Waals surface area contributed by atoms with Gasteiger partial charge in [0.1, 0.15) is 0 Å². The molecular weight excluding hydrogens is 611 g/mol. The predicted molar refractivity (Wildman–Crippen MR) is 193 cm³/mol. The number of unbranched alkanes of at least 4 members (excludes halogenated alkanes) is 7. The first-order valence-corrected chi connectivity index (χ1v) is 19.3. The SMILES string of the molecule is CCCCCCc1cccc(C2=C(CCCCC)C(CCCC)=C(c3cccc(CCCC)c3)[N+]2=[N-])c1.CCC[O][Ni][O]CCC. The van der Waals surface area contributed by atoms with Gasteiger partial charge < -0.3 is 5.53 Å². The molecule has 4 nitrogen and oxygen atoms in total. The van der Waals surface area contributed by atoms with Crippen molar-refractivity contribution in [1.82, 2.24) is 0 Å². The molecule has 2 aromatic carbocycles. The van der Waals surface area contributed by atoms with Crippen molar-refractivity contribution in [3.8, 4) is 0 Å². The third kappa shape index (κ3) is 14.0. The molecular formula is C41H64N2NiO2. The molecule has 5 heteroatoms. The summed E-state index contributed by atoms with van der Waals surface area (Å²) in [5, 5.41) is 0. The Balaban J connectivity index is 0.000000713. The second-order valence-corrected chi connectivity index (χ2v) is 13.2. The molecule has 2 aromatic rings. The van der Waals surface area contributed by atoms with Crippen molar-refractivity contribution in [2.75, 3.05) is 13.2 Å². The summed E-state index contributed by atoms with van der Waals surface area (Å²) in [4.78, 5) is 0. The molecule has 46 heavy (non-hydrogen) atoms. The van der Waals surface area contributed by atoms with Crippen LogP contribution in [0.25, 0.3) is 16.9 Å². The Kier molecular flexibility index (Phi) is 21.8. The summed E-state index contributed by atoms with van der Waals surface area (Å²) < 4.78 is 11.6. The molecule has 0 atom stereocenters. The third-order valence-corrected chi connectivity index (χ3v) is 8.96. The maximum absolute atomic E-state index is 11.9. The molecule has 0 aromatic heterocycles. The fourth-order valence-corrected chi connectivity index (χ4v) is 6.43. The molecule has 0 amide bonds. The Morgan fingerprint density at radius 3 is 1.46 bits per heavy atom. The van der Waals surface area contributed by atoms with Crippen molar-refractivity contribution in [2.45, 2.75) is 151 Å². The molecule has 1 aliphatic rings. The molecule has 0 saturated carbocycles. The summed E-state index contributed by atoms with van der Waals surface area (Å²) in [5.74, 6) is 0. The zero-order chi connectivity index (χ0) is 33.4. The average Bonchev–Trinajstić information content (AvgIpc) is 3.35. The van der Waals surface area contributed by atoms with Crippen LogP contribution < -0.4 is 0 Å². The van der Waals surface area contributed by atoms with E-state index in [1.165, 1.54) is 80.1 Å². The number of allylic oxidation sites excluding steroid dienone is 2. The van der Waals surface area contributed by atoms with Crippen molar-refractivity contribution in [3.63, 3.8) is 0 Å². The van der Waals surface area contributed by atoms with Crippen molar-refractivity contribution in [1.29, 1.82) is 0 Å². The van der Waals surface area contributed by atoms with Gasteiger partial charge in [-0.1, -0.05) is 96.9 Å². The Morgan fingerprint density at radius 2 is 0.957 bits per heavy atom. The molecule has 0 fully saturated rings. The van der Waals surface area contributed by atoms with Crippen LogP contribution in [0.5, 0.6) is 0 Å². The summed E-state index contributed by atoms with van der Waals surface area (Å²) in [6, 6.07) is 17.9. The van der Waals surface area contributed by atoms with E-state index in [0.29, 0.717) is 0 Å². The van der Waals surface area contributed by atoms with Gasteiger partial charge in [-0.25, -0.2) is 4.70 Å². The molecule has 0 saturated heterocycles. The van der Waals surface area contributed by atoms with Crippen LogP contribution in [0.2, 0.25) is 0 Å². The van der Waals surface area contributed by atoms with Crippen LogP contribution in [0, 0.1) is 0 Å². The summed E-state index contributed by atoms with van der Waals surface area (Å²) >= 11 is 0.942. The number of aryl methyl sites for hydroxylation is 2. The first kappa shape index (κ1) is 40.1. The van der Waals surface area contributed by atoms with Gasteiger partial charge in [-0.15, -0.1) is 0 Å². The first-order chi connectivity index (χ1) is 22.6. The van der Waals surface area contributed by atoms with Crippen LogP contribution in [0.15, 0.2) is 59.7 Å². The number of nitrogens with zero attached hydrogens (tertiary/aromatic N) is 2. The summed E-state index contributed by atoms with van der Waals surface area (Å²) in [5.41, 5.74) is 21.7. The zero-order valence-corrected chi connectivity index (χ0v) is 31.1. The Bertz CT molecular complexity index is 1200. The average molecular weight is 676 g/mol. The van der Waals surface area contributed by atoms with Gasteiger partial charge in [0.15, 0.2) is 0 Å². The molecule has 0 aliphatic carbocycles. The predicted octanol–water partition coefficient (Wildman–Crippen LogP) is 12.8. The van der Waals surface area contributed by atoms with Crippen molar-refractivity contribution < 1.29 is 27.5 Å². The number of benzene rings is 2. The molecule has 260 valence electrons. The fraction of sp³-hybridized carbons (Fsp3) is 0.610. The van der Waals surface area contributed by atoms with Gasteiger partial charge in [-0.2, -0.15) is 0 Å². The number of hydrogen-bond acceptors (Lipinski definition) is 2. The molecule has 0 N–H and O–H groups in total. The number of hydrogen-bond donors (Lipinski definition) is 0. The standard InChI is InChI=1S/C35H50N2.2C3H7O.Ni/c1-5-9-13-15-19-29-21-17-23-31(27-29)35-33(25-14-10-6-2)32(24-12-8-4)34(37(35)36)30-22-16-20-28(26-30)18-11-7-3;2*1-2-3-4;/h16-17,20-23,26-27H,5-15,18-19,24-25H2,1-4H3;2*2-3H2,1H3;/q;2*-1;+2. The first-order valence-electron chi connectivity index (χ1n) is 18.5. The molecule has 0 bridgehead atoms. The molecule has 0 spiro atoms. The third-order valence-electron chi connectivity index (χ3n) is 8.32. The Labute approximate surface area is 289 Å². The molecule has 1 aliphatic heterocycles. The van der Waals surface area contributed by atoms with Crippen LogP contribution >= 0.6 is 0 Å². The quantitative estimate of drug-likeness (QED) is 0.0668. The summed E-state index contributed by atoms with van der Waals surface area (Å²) in [6.45, 7) is 14.8. The van der Waals surface area contributed by atoms with Gasteiger partial charge in [0.2, 0.25) is 11.4 Å².